The molecule has 0 aromatic rings. The Bertz CT molecular complexity index is 136. The van der Waals surface area contributed by atoms with Gasteiger partial charge in [-0.1, -0.05) is 0 Å². The molecule has 0 unspecified atom stereocenters. The summed E-state index contributed by atoms with van der Waals surface area (Å²) in [5.74, 6) is -1.49. The highest BCUT2D eigenvalue weighted by atomic mass is 35.5. The highest BCUT2D eigenvalue weighted by Gasteiger charge is 2.10. The van der Waals surface area contributed by atoms with Crippen LogP contribution in [-0.2, 0) is 9.59 Å². The minimum atomic E-state index is -0.758. The lowest BCUT2D eigenvalue weighted by Gasteiger charge is -1.98. The maximum atomic E-state index is 10.3. The molecule has 0 aliphatic carbocycles. The monoisotopic (exact) mass is 170 g/mol. The van der Waals surface area contributed by atoms with E-state index in [2.05, 4.69) is 5.73 Å². The van der Waals surface area contributed by atoms with Crippen LogP contribution in [0.15, 0.2) is 0 Å². The zero-order chi connectivity index (χ0) is 7.44. The molecule has 0 saturated carbocycles. The number of nitrogens with zero attached hydrogens (tertiary/aromatic N) is 1. The van der Waals surface area contributed by atoms with Gasteiger partial charge in [0.2, 0.25) is 5.91 Å². The van der Waals surface area contributed by atoms with E-state index in [4.69, 9.17) is 23.6 Å². The number of amides is 2. The Morgan fingerprint density at radius 3 is 2.00 bits per heavy atom. The fourth-order valence-corrected chi connectivity index (χ4v) is 0.328. The Labute approximate surface area is 61.7 Å². The van der Waals surface area contributed by atoms with E-state index in [1.165, 1.54) is 0 Å². The number of halogens is 2. The van der Waals surface area contributed by atoms with Crippen molar-refractivity contribution in [3.05, 3.63) is 0 Å². The van der Waals surface area contributed by atoms with Gasteiger partial charge in [0.15, 0.2) is 0 Å². The fourth-order valence-electron chi connectivity index (χ4n) is 0.209. The normalized spacial score (nSPS) is 8.67. The van der Waals surface area contributed by atoms with Gasteiger partial charge in [0.25, 0.3) is 5.91 Å². The minimum absolute atomic E-state index is 0.269. The summed E-state index contributed by atoms with van der Waals surface area (Å²) in [6.07, 6.45) is -0.465. The van der Waals surface area contributed by atoms with Crippen molar-refractivity contribution in [3.8, 4) is 0 Å². The van der Waals surface area contributed by atoms with E-state index in [0.717, 1.165) is 0 Å². The molecule has 0 aromatic carbocycles. The Balaban J connectivity index is 3.64. The number of carbonyl (C=O) groups excluding carboxylic acids is 2. The standard InChI is InChI=1S/C3H4Cl2N2O2/c4-7(5)3(9)1-2(6)8/h1H2,(H2,6,8). The van der Waals surface area contributed by atoms with E-state index in [1.54, 1.807) is 0 Å². The van der Waals surface area contributed by atoms with Crippen LogP contribution in [-0.4, -0.2) is 15.8 Å². The Morgan fingerprint density at radius 2 is 1.89 bits per heavy atom. The third-order valence-electron chi connectivity index (χ3n) is 0.514. The molecule has 0 bridgehead atoms. The summed E-state index contributed by atoms with van der Waals surface area (Å²) < 4.78 is 0.269. The van der Waals surface area contributed by atoms with E-state index in [9.17, 15) is 9.59 Å². The van der Waals surface area contributed by atoms with E-state index in [1.807, 2.05) is 0 Å². The van der Waals surface area contributed by atoms with Gasteiger partial charge >= 0.3 is 0 Å². The molecule has 9 heavy (non-hydrogen) atoms. The summed E-state index contributed by atoms with van der Waals surface area (Å²) in [5.41, 5.74) is 4.63. The Kier molecular flexibility index (Phi) is 3.34. The van der Waals surface area contributed by atoms with E-state index >= 15 is 0 Å². The van der Waals surface area contributed by atoms with E-state index in [0.29, 0.717) is 0 Å². The van der Waals surface area contributed by atoms with E-state index in [-0.39, 0.29) is 3.94 Å². The van der Waals surface area contributed by atoms with Crippen LogP contribution in [0, 0.1) is 0 Å². The van der Waals surface area contributed by atoms with E-state index < -0.39 is 18.2 Å². The van der Waals surface area contributed by atoms with Crippen LogP contribution in [0.4, 0.5) is 0 Å². The maximum Gasteiger partial charge on any atom is 0.261 e. The first kappa shape index (κ1) is 8.52. The van der Waals surface area contributed by atoms with Gasteiger partial charge in [-0.05, 0) is 0 Å². The molecule has 4 nitrogen and oxygen atoms in total. The number of carbonyl (C=O) groups is 2. The topological polar surface area (TPSA) is 63.4 Å². The summed E-state index contributed by atoms with van der Waals surface area (Å²) >= 11 is 9.83. The van der Waals surface area contributed by atoms with Crippen molar-refractivity contribution in [3.63, 3.8) is 0 Å². The molecule has 0 atom stereocenters. The first-order valence-electron chi connectivity index (χ1n) is 1.97. The first-order chi connectivity index (χ1) is 4.04. The predicted molar refractivity (Wildman–Crippen MR) is 32.4 cm³/mol. The van der Waals surface area contributed by atoms with Crippen molar-refractivity contribution in [2.45, 2.75) is 6.42 Å². The number of rotatable bonds is 2. The van der Waals surface area contributed by atoms with Crippen molar-refractivity contribution in [1.82, 2.24) is 3.94 Å². The first-order valence-corrected chi connectivity index (χ1v) is 2.64. The predicted octanol–water partition coefficient (Wildman–Crippen LogP) is -0.00200. The van der Waals surface area contributed by atoms with Crippen molar-refractivity contribution in [2.24, 2.45) is 5.73 Å². The Morgan fingerprint density at radius 1 is 1.44 bits per heavy atom. The van der Waals surface area contributed by atoms with Crippen molar-refractivity contribution in [1.29, 1.82) is 0 Å². The molecule has 2 amide bonds. The van der Waals surface area contributed by atoms with Crippen LogP contribution >= 0.6 is 23.6 Å². The molecular weight excluding hydrogens is 167 g/mol. The van der Waals surface area contributed by atoms with Gasteiger partial charge in [0, 0.05) is 23.6 Å². The van der Waals surface area contributed by atoms with Gasteiger partial charge in [0.1, 0.15) is 6.42 Å². The molecule has 0 rings (SSSR count). The second-order valence-corrected chi connectivity index (χ2v) is 2.12. The SMILES string of the molecule is NC(=O)CC(=O)N(Cl)Cl. The molecule has 2 N–H and O–H groups in total. The molecule has 0 aliphatic rings. The summed E-state index contributed by atoms with van der Waals surface area (Å²) in [7, 11) is 0. The van der Waals surface area contributed by atoms with Crippen LogP contribution in [0.1, 0.15) is 6.42 Å². The third-order valence-corrected chi connectivity index (χ3v) is 0.891. The molecule has 0 aromatic heterocycles. The van der Waals surface area contributed by atoms with Crippen LogP contribution < -0.4 is 5.73 Å². The molecular formula is C3H4Cl2N2O2. The lowest BCUT2D eigenvalue weighted by Crippen LogP contribution is -2.21. The quantitative estimate of drug-likeness (QED) is 0.469. The molecule has 0 radical (unpaired) electrons. The van der Waals surface area contributed by atoms with Gasteiger partial charge in [-0.15, -0.1) is 0 Å². The van der Waals surface area contributed by atoms with Gasteiger partial charge in [-0.3, -0.25) is 9.59 Å². The molecule has 0 aliphatic heterocycles. The second-order valence-electron chi connectivity index (χ2n) is 1.27. The van der Waals surface area contributed by atoms with Crippen molar-refractivity contribution >= 4 is 35.4 Å². The smallest absolute Gasteiger partial charge is 0.261 e. The van der Waals surface area contributed by atoms with Gasteiger partial charge in [-0.25, -0.2) is 0 Å². The highest BCUT2D eigenvalue weighted by Crippen LogP contribution is 2.00. The van der Waals surface area contributed by atoms with Crippen molar-refractivity contribution in [2.75, 3.05) is 0 Å². The Hall–Kier alpha value is -0.480. The molecule has 0 saturated heterocycles. The summed E-state index contributed by atoms with van der Waals surface area (Å²) in [6, 6.07) is 0. The van der Waals surface area contributed by atoms with Gasteiger partial charge in [-0.2, -0.15) is 3.94 Å². The fraction of sp³-hybridized carbons (Fsp3) is 0.333. The van der Waals surface area contributed by atoms with Crippen LogP contribution in [0.3, 0.4) is 0 Å². The zero-order valence-corrected chi connectivity index (χ0v) is 5.82. The van der Waals surface area contributed by atoms with Gasteiger partial charge < -0.3 is 5.73 Å². The number of nitrogens with two attached hydrogens (primary N) is 1. The maximum absolute atomic E-state index is 10.3. The largest absolute Gasteiger partial charge is 0.369 e. The summed E-state index contributed by atoms with van der Waals surface area (Å²) in [6.45, 7) is 0. The average Bonchev–Trinajstić information content (AvgIpc) is 1.63. The number of hydrogen-bond donors (Lipinski definition) is 1. The van der Waals surface area contributed by atoms with Crippen LogP contribution in [0.2, 0.25) is 0 Å². The van der Waals surface area contributed by atoms with Gasteiger partial charge in [0.05, 0.1) is 0 Å². The van der Waals surface area contributed by atoms with Crippen LogP contribution in [0.25, 0.3) is 0 Å². The van der Waals surface area contributed by atoms with Crippen LogP contribution in [0.5, 0.6) is 0 Å². The lowest BCUT2D eigenvalue weighted by atomic mass is 10.4. The zero-order valence-electron chi connectivity index (χ0n) is 4.30. The minimum Gasteiger partial charge on any atom is -0.369 e. The molecule has 0 fully saturated rings. The molecule has 0 heterocycles. The lowest BCUT2D eigenvalue weighted by molar-refractivity contribution is -0.129. The molecule has 6 heteroatoms. The third kappa shape index (κ3) is 4.05. The highest BCUT2D eigenvalue weighted by molar-refractivity contribution is 6.42. The summed E-state index contributed by atoms with van der Waals surface area (Å²) in [5, 5.41) is 0. The molecule has 52 valence electrons. The summed E-state index contributed by atoms with van der Waals surface area (Å²) in [4.78, 5) is 20.3. The number of primary amides is 1. The second kappa shape index (κ2) is 3.53. The average molecular weight is 171 g/mol. The van der Waals surface area contributed by atoms with Crippen molar-refractivity contribution < 1.29 is 9.59 Å². The molecule has 0 spiro atoms. The number of hydrogen-bond acceptors (Lipinski definition) is 2.